The summed E-state index contributed by atoms with van der Waals surface area (Å²) in [5, 5.41) is 2.37. The quantitative estimate of drug-likeness (QED) is 0.601. The Bertz CT molecular complexity index is 708. The number of hydrogen-bond donors (Lipinski definition) is 0. The van der Waals surface area contributed by atoms with Gasteiger partial charge in [-0.2, -0.15) is 0 Å². The lowest BCUT2D eigenvalue weighted by molar-refractivity contribution is 0.112. The van der Waals surface area contributed by atoms with Crippen LogP contribution in [0.1, 0.15) is 10.4 Å². The highest BCUT2D eigenvalue weighted by atomic mass is 16.1. The van der Waals surface area contributed by atoms with E-state index in [1.807, 2.05) is 42.5 Å². The summed E-state index contributed by atoms with van der Waals surface area (Å²) in [6.45, 7) is 0. The maximum Gasteiger partial charge on any atom is 0.150 e. The first kappa shape index (κ1) is 10.7. The topological polar surface area (TPSA) is 17.1 Å². The zero-order chi connectivity index (χ0) is 12.4. The van der Waals surface area contributed by atoms with Gasteiger partial charge in [0.1, 0.15) is 0 Å². The summed E-state index contributed by atoms with van der Waals surface area (Å²) in [6.07, 6.45) is 0.914. The highest BCUT2D eigenvalue weighted by Gasteiger charge is 2.06. The molecule has 0 heterocycles. The first-order chi connectivity index (χ1) is 8.90. The Morgan fingerprint density at radius 3 is 2.22 bits per heavy atom. The van der Waals surface area contributed by atoms with Crippen LogP contribution in [0.3, 0.4) is 0 Å². The van der Waals surface area contributed by atoms with E-state index in [-0.39, 0.29) is 0 Å². The molecule has 18 heavy (non-hydrogen) atoms. The first-order valence-corrected chi connectivity index (χ1v) is 5.92. The smallest absolute Gasteiger partial charge is 0.150 e. The van der Waals surface area contributed by atoms with Gasteiger partial charge >= 0.3 is 0 Å². The van der Waals surface area contributed by atoms with Crippen LogP contribution in [-0.4, -0.2) is 6.29 Å². The van der Waals surface area contributed by atoms with Gasteiger partial charge in [0, 0.05) is 5.56 Å². The molecule has 3 aromatic carbocycles. The molecule has 0 radical (unpaired) electrons. The van der Waals surface area contributed by atoms with Crippen molar-refractivity contribution in [1.29, 1.82) is 0 Å². The van der Waals surface area contributed by atoms with Crippen LogP contribution in [0, 0.1) is 0 Å². The summed E-state index contributed by atoms with van der Waals surface area (Å²) < 4.78 is 0. The minimum absolute atomic E-state index is 0.730. The van der Waals surface area contributed by atoms with Crippen LogP contribution in [0.15, 0.2) is 66.7 Å². The van der Waals surface area contributed by atoms with Crippen LogP contribution >= 0.6 is 0 Å². The zero-order valence-electron chi connectivity index (χ0n) is 9.84. The molecule has 0 amide bonds. The van der Waals surface area contributed by atoms with E-state index in [4.69, 9.17) is 0 Å². The molecule has 0 aliphatic carbocycles. The predicted molar refractivity (Wildman–Crippen MR) is 74.8 cm³/mol. The van der Waals surface area contributed by atoms with Crippen LogP contribution in [0.5, 0.6) is 0 Å². The molecule has 0 bridgehead atoms. The van der Waals surface area contributed by atoms with Crippen molar-refractivity contribution >= 4 is 17.1 Å². The van der Waals surface area contributed by atoms with E-state index in [0.717, 1.165) is 23.0 Å². The van der Waals surface area contributed by atoms with Gasteiger partial charge < -0.3 is 0 Å². The summed E-state index contributed by atoms with van der Waals surface area (Å²) >= 11 is 0. The van der Waals surface area contributed by atoms with Gasteiger partial charge in [-0.25, -0.2) is 0 Å². The maximum absolute atomic E-state index is 11.1. The van der Waals surface area contributed by atoms with Crippen LogP contribution in [0.2, 0.25) is 0 Å². The van der Waals surface area contributed by atoms with Crippen LogP contribution in [-0.2, 0) is 0 Å². The Hall–Kier alpha value is -2.41. The predicted octanol–water partition coefficient (Wildman–Crippen LogP) is 4.32. The SMILES string of the molecule is O=Cc1ccccc1-c1cccc2ccccc12. The fourth-order valence-electron chi connectivity index (χ4n) is 2.31. The van der Waals surface area contributed by atoms with Crippen LogP contribution < -0.4 is 0 Å². The molecule has 1 nitrogen and oxygen atoms in total. The van der Waals surface area contributed by atoms with Gasteiger partial charge in [0.25, 0.3) is 0 Å². The van der Waals surface area contributed by atoms with Crippen molar-refractivity contribution in [3.05, 3.63) is 72.3 Å². The average molecular weight is 232 g/mol. The van der Waals surface area contributed by atoms with E-state index in [9.17, 15) is 4.79 Å². The van der Waals surface area contributed by atoms with Crippen molar-refractivity contribution in [2.75, 3.05) is 0 Å². The van der Waals surface area contributed by atoms with Crippen molar-refractivity contribution in [2.45, 2.75) is 0 Å². The zero-order valence-corrected chi connectivity index (χ0v) is 9.84. The van der Waals surface area contributed by atoms with Gasteiger partial charge in [0.2, 0.25) is 0 Å². The Morgan fingerprint density at radius 1 is 0.667 bits per heavy atom. The summed E-state index contributed by atoms with van der Waals surface area (Å²) in [7, 11) is 0. The molecule has 0 saturated carbocycles. The number of hydrogen-bond acceptors (Lipinski definition) is 1. The summed E-state index contributed by atoms with van der Waals surface area (Å²) in [5.74, 6) is 0. The lowest BCUT2D eigenvalue weighted by Gasteiger charge is -2.08. The lowest BCUT2D eigenvalue weighted by atomic mass is 9.95. The van der Waals surface area contributed by atoms with Crippen LogP contribution in [0.4, 0.5) is 0 Å². The molecule has 3 rings (SSSR count). The van der Waals surface area contributed by atoms with Gasteiger partial charge in [-0.15, -0.1) is 0 Å². The van der Waals surface area contributed by atoms with E-state index < -0.39 is 0 Å². The molecule has 0 fully saturated rings. The van der Waals surface area contributed by atoms with E-state index >= 15 is 0 Å². The van der Waals surface area contributed by atoms with Crippen molar-refractivity contribution in [3.8, 4) is 11.1 Å². The third-order valence-corrected chi connectivity index (χ3v) is 3.17. The summed E-state index contributed by atoms with van der Waals surface area (Å²) in [5.41, 5.74) is 2.83. The molecule has 0 N–H and O–H groups in total. The number of fused-ring (bicyclic) bond motifs is 1. The number of benzene rings is 3. The first-order valence-electron chi connectivity index (χ1n) is 5.92. The molecular weight excluding hydrogens is 220 g/mol. The van der Waals surface area contributed by atoms with Crippen molar-refractivity contribution < 1.29 is 4.79 Å². The fraction of sp³-hybridized carbons (Fsp3) is 0. The standard InChI is InChI=1S/C17H12O/c18-12-14-7-2-4-10-16(14)17-11-5-8-13-6-1-3-9-15(13)17/h1-12H. The third kappa shape index (κ3) is 1.70. The second kappa shape index (κ2) is 4.46. The fourth-order valence-corrected chi connectivity index (χ4v) is 2.31. The monoisotopic (exact) mass is 232 g/mol. The second-order valence-electron chi connectivity index (χ2n) is 4.23. The van der Waals surface area contributed by atoms with Gasteiger partial charge in [-0.05, 0) is 21.9 Å². The summed E-state index contributed by atoms with van der Waals surface area (Å²) in [6, 6.07) is 22.1. The van der Waals surface area contributed by atoms with Crippen molar-refractivity contribution in [2.24, 2.45) is 0 Å². The molecular formula is C17H12O. The summed E-state index contributed by atoms with van der Waals surface area (Å²) in [4.78, 5) is 11.1. The van der Waals surface area contributed by atoms with Gasteiger partial charge in [-0.1, -0.05) is 66.7 Å². The lowest BCUT2D eigenvalue weighted by Crippen LogP contribution is -1.88. The normalized spacial score (nSPS) is 10.4. The molecule has 86 valence electrons. The Balaban J connectivity index is 2.35. The average Bonchev–Trinajstić information content (AvgIpc) is 2.46. The minimum atomic E-state index is 0.730. The second-order valence-corrected chi connectivity index (χ2v) is 4.23. The van der Waals surface area contributed by atoms with E-state index in [2.05, 4.69) is 24.3 Å². The van der Waals surface area contributed by atoms with Crippen molar-refractivity contribution in [1.82, 2.24) is 0 Å². The molecule has 3 aromatic rings. The van der Waals surface area contributed by atoms with E-state index in [1.165, 1.54) is 10.8 Å². The third-order valence-electron chi connectivity index (χ3n) is 3.17. The van der Waals surface area contributed by atoms with Gasteiger partial charge in [0.15, 0.2) is 6.29 Å². The van der Waals surface area contributed by atoms with E-state index in [0.29, 0.717) is 0 Å². The number of rotatable bonds is 2. The Morgan fingerprint density at radius 2 is 1.33 bits per heavy atom. The highest BCUT2D eigenvalue weighted by molar-refractivity contribution is 6.00. The molecule has 0 aliphatic heterocycles. The number of carbonyl (C=O) groups excluding carboxylic acids is 1. The van der Waals surface area contributed by atoms with Gasteiger partial charge in [-0.3, -0.25) is 4.79 Å². The number of carbonyl (C=O) groups is 1. The van der Waals surface area contributed by atoms with Gasteiger partial charge in [0.05, 0.1) is 0 Å². The molecule has 0 aliphatic rings. The molecule has 0 spiro atoms. The maximum atomic E-state index is 11.1. The molecule has 0 aromatic heterocycles. The molecule has 0 saturated heterocycles. The molecule has 1 heteroatoms. The Labute approximate surface area is 106 Å². The molecule has 0 atom stereocenters. The number of aldehydes is 1. The molecule has 0 unspecified atom stereocenters. The largest absolute Gasteiger partial charge is 0.298 e. The Kier molecular flexibility index (Phi) is 2.66. The highest BCUT2D eigenvalue weighted by Crippen LogP contribution is 2.30. The van der Waals surface area contributed by atoms with Crippen LogP contribution in [0.25, 0.3) is 21.9 Å². The van der Waals surface area contributed by atoms with E-state index in [1.54, 1.807) is 0 Å². The minimum Gasteiger partial charge on any atom is -0.298 e. The van der Waals surface area contributed by atoms with Crippen molar-refractivity contribution in [3.63, 3.8) is 0 Å².